The Labute approximate surface area is 197 Å². The molecule has 0 spiro atoms. The fourth-order valence-corrected chi connectivity index (χ4v) is 5.59. The summed E-state index contributed by atoms with van der Waals surface area (Å²) in [6, 6.07) is 48.6. The van der Waals surface area contributed by atoms with E-state index in [1.165, 1.54) is 63.6 Å². The van der Waals surface area contributed by atoms with E-state index in [1.54, 1.807) is 0 Å². The molecule has 6 aromatic carbocycles. The van der Waals surface area contributed by atoms with Crippen LogP contribution < -0.4 is 0 Å². The molecule has 0 fully saturated rings. The van der Waals surface area contributed by atoms with E-state index in [0.29, 0.717) is 0 Å². The Kier molecular flexibility index (Phi) is 4.25. The first-order valence-corrected chi connectivity index (χ1v) is 11.8. The molecule has 1 aliphatic rings. The molecule has 0 unspecified atom stereocenters. The standard InChI is InChI=1S/C34H22/c1-2-13-24-23(11-1)12-9-20-25(24)32-21-10-22-33-30-17-6-5-16-28(30)26-14-3-4-15-27(26)29-18-7-8-19-31(29)34(32)33/h1-22H/b28-26-,29-27-,33-30-,34-31-. The summed E-state index contributed by atoms with van der Waals surface area (Å²) in [7, 11) is 0. The highest BCUT2D eigenvalue weighted by Gasteiger charge is 2.08. The monoisotopic (exact) mass is 430 g/mol. The van der Waals surface area contributed by atoms with Crippen LogP contribution in [-0.4, -0.2) is 0 Å². The summed E-state index contributed by atoms with van der Waals surface area (Å²) in [5.74, 6) is 0. The van der Waals surface area contributed by atoms with E-state index >= 15 is 0 Å². The summed E-state index contributed by atoms with van der Waals surface area (Å²) in [6.45, 7) is 0. The van der Waals surface area contributed by atoms with Crippen LogP contribution in [0.15, 0.2) is 133 Å². The summed E-state index contributed by atoms with van der Waals surface area (Å²) < 4.78 is 0. The molecule has 0 aromatic heterocycles. The van der Waals surface area contributed by atoms with Gasteiger partial charge >= 0.3 is 0 Å². The summed E-state index contributed by atoms with van der Waals surface area (Å²) in [5.41, 5.74) is 2.55. The van der Waals surface area contributed by atoms with Crippen molar-refractivity contribution in [2.24, 2.45) is 0 Å². The minimum atomic E-state index is 1.27. The fourth-order valence-electron chi connectivity index (χ4n) is 5.59. The second kappa shape index (κ2) is 7.57. The molecule has 0 aliphatic heterocycles. The zero-order valence-electron chi connectivity index (χ0n) is 18.7. The summed E-state index contributed by atoms with van der Waals surface area (Å²) >= 11 is 0. The summed E-state index contributed by atoms with van der Waals surface area (Å²) in [6.07, 6.45) is 0. The molecule has 0 radical (unpaired) electrons. The zero-order valence-corrected chi connectivity index (χ0v) is 18.7. The molecule has 0 heteroatoms. The molecular weight excluding hydrogens is 408 g/mol. The highest BCUT2D eigenvalue weighted by Crippen LogP contribution is 2.30. The lowest BCUT2D eigenvalue weighted by atomic mass is 9.93. The lowest BCUT2D eigenvalue weighted by Gasteiger charge is -2.10. The number of benzene rings is 6. The maximum atomic E-state index is 2.29. The molecule has 0 nitrogen and oxygen atoms in total. The third-order valence-corrected chi connectivity index (χ3v) is 7.07. The quantitative estimate of drug-likeness (QED) is 0.248. The fraction of sp³-hybridized carbons (Fsp3) is 0. The van der Waals surface area contributed by atoms with E-state index in [-0.39, 0.29) is 0 Å². The molecule has 0 bridgehead atoms. The smallest absolute Gasteiger partial charge is 0.00201 e. The highest BCUT2D eigenvalue weighted by molar-refractivity contribution is 5.96. The SMILES string of the molecule is c1ccc2/c(c1)=c1/cccc/c1=c1\cccc(-c3cccc4ccccc34)\c1=c1/cccc/c1=2. The highest BCUT2D eigenvalue weighted by atomic mass is 14.1. The van der Waals surface area contributed by atoms with Gasteiger partial charge in [-0.1, -0.05) is 133 Å². The van der Waals surface area contributed by atoms with Gasteiger partial charge < -0.3 is 0 Å². The van der Waals surface area contributed by atoms with E-state index in [1.807, 2.05) is 0 Å². The van der Waals surface area contributed by atoms with E-state index in [0.717, 1.165) is 0 Å². The van der Waals surface area contributed by atoms with Crippen LogP contribution in [0.4, 0.5) is 0 Å². The minimum Gasteiger partial charge on any atom is -0.0616 e. The van der Waals surface area contributed by atoms with Gasteiger partial charge in [-0.2, -0.15) is 0 Å². The first kappa shape index (κ1) is 19.1. The molecule has 0 amide bonds. The molecule has 0 atom stereocenters. The molecule has 34 heavy (non-hydrogen) atoms. The molecule has 0 saturated carbocycles. The molecule has 0 saturated heterocycles. The Hall–Kier alpha value is -4.42. The van der Waals surface area contributed by atoms with Crippen molar-refractivity contribution in [1.82, 2.24) is 0 Å². The number of hydrogen-bond acceptors (Lipinski definition) is 0. The Morgan fingerprint density at radius 3 is 1.35 bits per heavy atom. The lowest BCUT2D eigenvalue weighted by Crippen LogP contribution is -1.92. The van der Waals surface area contributed by atoms with Gasteiger partial charge in [0.2, 0.25) is 0 Å². The Morgan fingerprint density at radius 1 is 0.265 bits per heavy atom. The maximum absolute atomic E-state index is 2.29. The van der Waals surface area contributed by atoms with Gasteiger partial charge in [0.15, 0.2) is 0 Å². The van der Waals surface area contributed by atoms with E-state index in [9.17, 15) is 0 Å². The van der Waals surface area contributed by atoms with Gasteiger partial charge in [0, 0.05) is 0 Å². The molecular formula is C34H22. The predicted molar refractivity (Wildman–Crippen MR) is 139 cm³/mol. The van der Waals surface area contributed by atoms with Crippen molar-refractivity contribution in [2.45, 2.75) is 0 Å². The van der Waals surface area contributed by atoms with Crippen molar-refractivity contribution >= 4 is 10.8 Å². The number of rotatable bonds is 1. The van der Waals surface area contributed by atoms with Gasteiger partial charge in [-0.15, -0.1) is 0 Å². The zero-order chi connectivity index (χ0) is 22.5. The molecule has 7 rings (SSSR count). The van der Waals surface area contributed by atoms with Gasteiger partial charge in [0.1, 0.15) is 0 Å². The second-order valence-electron chi connectivity index (χ2n) is 8.89. The molecule has 0 N–H and O–H groups in total. The third-order valence-electron chi connectivity index (χ3n) is 7.07. The topological polar surface area (TPSA) is 0 Å². The average Bonchev–Trinajstić information content (AvgIpc) is 2.91. The van der Waals surface area contributed by atoms with Gasteiger partial charge in [-0.05, 0) is 63.6 Å². The van der Waals surface area contributed by atoms with Gasteiger partial charge in [-0.25, -0.2) is 0 Å². The number of hydrogen-bond donors (Lipinski definition) is 0. The molecule has 1 aliphatic carbocycles. The maximum Gasteiger partial charge on any atom is -0.00201 e. The lowest BCUT2D eigenvalue weighted by molar-refractivity contribution is 1.29. The number of fused-ring (bicyclic) bond motifs is 5. The molecule has 6 aromatic rings. The van der Waals surface area contributed by atoms with Gasteiger partial charge in [-0.3, -0.25) is 0 Å². The van der Waals surface area contributed by atoms with Gasteiger partial charge in [0.05, 0.1) is 0 Å². The van der Waals surface area contributed by atoms with Crippen molar-refractivity contribution in [2.75, 3.05) is 0 Å². The van der Waals surface area contributed by atoms with Crippen LogP contribution in [0.1, 0.15) is 0 Å². The Balaban J connectivity index is 1.92. The minimum absolute atomic E-state index is 1.27. The first-order chi connectivity index (χ1) is 16.9. The van der Waals surface area contributed by atoms with Crippen LogP contribution >= 0.6 is 0 Å². The van der Waals surface area contributed by atoms with E-state index in [4.69, 9.17) is 0 Å². The van der Waals surface area contributed by atoms with Crippen LogP contribution in [0, 0.1) is 41.7 Å². The van der Waals surface area contributed by atoms with Crippen molar-refractivity contribution in [3.63, 3.8) is 0 Å². The first-order valence-electron chi connectivity index (χ1n) is 11.8. The van der Waals surface area contributed by atoms with Crippen LogP contribution in [0.5, 0.6) is 0 Å². The van der Waals surface area contributed by atoms with Crippen LogP contribution in [0.25, 0.3) is 21.9 Å². The largest absolute Gasteiger partial charge is 0.0616 e. The van der Waals surface area contributed by atoms with E-state index in [2.05, 4.69) is 133 Å². The van der Waals surface area contributed by atoms with Crippen molar-refractivity contribution < 1.29 is 0 Å². The van der Waals surface area contributed by atoms with Gasteiger partial charge in [0.25, 0.3) is 0 Å². The normalized spacial score (nSPS) is 15.8. The van der Waals surface area contributed by atoms with Crippen LogP contribution in [0.2, 0.25) is 0 Å². The van der Waals surface area contributed by atoms with Crippen molar-refractivity contribution in [3.8, 4) is 11.1 Å². The summed E-state index contributed by atoms with van der Waals surface area (Å²) in [4.78, 5) is 0. The van der Waals surface area contributed by atoms with Crippen molar-refractivity contribution in [1.29, 1.82) is 0 Å². The summed E-state index contributed by atoms with van der Waals surface area (Å²) in [5, 5.41) is 12.8. The molecule has 0 heterocycles. The van der Waals surface area contributed by atoms with Crippen LogP contribution in [-0.2, 0) is 0 Å². The Bertz CT molecular complexity index is 2110. The predicted octanol–water partition coefficient (Wildman–Crippen LogP) is 7.97. The molecule has 158 valence electrons. The van der Waals surface area contributed by atoms with Crippen LogP contribution in [0.3, 0.4) is 0 Å². The van der Waals surface area contributed by atoms with Crippen molar-refractivity contribution in [3.05, 3.63) is 175 Å². The second-order valence-corrected chi connectivity index (χ2v) is 8.89. The Morgan fingerprint density at radius 2 is 0.676 bits per heavy atom. The third kappa shape index (κ3) is 2.79. The van der Waals surface area contributed by atoms with E-state index < -0.39 is 0 Å². The average molecular weight is 431 g/mol.